The SMILES string of the molecule is Cc1c(C(O)C(=O)NCc2cn(C3CC3)nn2)c(C)n(C)c1C(=O)Nc1ccc(F)c(F)c1. The first kappa shape index (κ1) is 22.6. The van der Waals surface area contributed by atoms with E-state index in [-0.39, 0.29) is 17.9 Å². The number of nitrogens with zero attached hydrogens (tertiary/aromatic N) is 4. The third-order valence-electron chi connectivity index (χ3n) is 5.82. The maximum absolute atomic E-state index is 13.5. The van der Waals surface area contributed by atoms with Gasteiger partial charge in [0.05, 0.1) is 18.8 Å². The van der Waals surface area contributed by atoms with Crippen LogP contribution in [0.25, 0.3) is 0 Å². The normalized spacial score (nSPS) is 14.2. The summed E-state index contributed by atoms with van der Waals surface area (Å²) >= 11 is 0. The molecule has 2 aromatic heterocycles. The average Bonchev–Trinajstić information content (AvgIpc) is 3.47. The molecule has 1 aromatic carbocycles. The summed E-state index contributed by atoms with van der Waals surface area (Å²) in [5, 5.41) is 23.9. The van der Waals surface area contributed by atoms with E-state index >= 15 is 0 Å². The predicted octanol–water partition coefficient (Wildman–Crippen LogP) is 2.45. The fourth-order valence-corrected chi connectivity index (χ4v) is 3.81. The Morgan fingerprint density at radius 3 is 2.64 bits per heavy atom. The molecule has 9 nitrogen and oxygen atoms in total. The zero-order valence-electron chi connectivity index (χ0n) is 18.4. The Labute approximate surface area is 188 Å². The highest BCUT2D eigenvalue weighted by atomic mass is 19.2. The van der Waals surface area contributed by atoms with Crippen LogP contribution in [0.2, 0.25) is 0 Å². The summed E-state index contributed by atoms with van der Waals surface area (Å²) < 4.78 is 29.9. The van der Waals surface area contributed by atoms with Crippen molar-refractivity contribution >= 4 is 17.5 Å². The molecule has 2 amide bonds. The molecule has 1 aliphatic carbocycles. The van der Waals surface area contributed by atoms with Crippen LogP contribution in [-0.2, 0) is 18.4 Å². The first-order chi connectivity index (χ1) is 15.7. The van der Waals surface area contributed by atoms with Gasteiger partial charge in [0.2, 0.25) is 0 Å². The van der Waals surface area contributed by atoms with E-state index in [1.165, 1.54) is 10.6 Å². The number of carbonyl (C=O) groups is 2. The van der Waals surface area contributed by atoms with E-state index in [2.05, 4.69) is 20.9 Å². The van der Waals surface area contributed by atoms with Gasteiger partial charge in [-0.2, -0.15) is 0 Å². The van der Waals surface area contributed by atoms with Gasteiger partial charge in [-0.25, -0.2) is 13.5 Å². The molecule has 33 heavy (non-hydrogen) atoms. The molecule has 2 heterocycles. The van der Waals surface area contributed by atoms with E-state index in [9.17, 15) is 23.5 Å². The monoisotopic (exact) mass is 458 g/mol. The van der Waals surface area contributed by atoms with Gasteiger partial charge in [0.15, 0.2) is 17.7 Å². The van der Waals surface area contributed by atoms with Gasteiger partial charge in [-0.15, -0.1) is 5.10 Å². The number of halogens is 2. The summed E-state index contributed by atoms with van der Waals surface area (Å²) in [6.07, 6.45) is 2.38. The molecule has 1 saturated carbocycles. The number of anilines is 1. The number of rotatable bonds is 7. The number of nitrogens with one attached hydrogen (secondary N) is 2. The van der Waals surface area contributed by atoms with Crippen LogP contribution < -0.4 is 10.6 Å². The molecule has 0 saturated heterocycles. The number of aromatic nitrogens is 4. The lowest BCUT2D eigenvalue weighted by atomic mass is 10.0. The summed E-state index contributed by atoms with van der Waals surface area (Å²) in [5.74, 6) is -3.33. The van der Waals surface area contributed by atoms with Gasteiger partial charge in [0.1, 0.15) is 11.4 Å². The van der Waals surface area contributed by atoms with Crippen molar-refractivity contribution in [2.75, 3.05) is 5.32 Å². The molecule has 1 aliphatic rings. The Kier molecular flexibility index (Phi) is 5.98. The lowest BCUT2D eigenvalue weighted by molar-refractivity contribution is -0.129. The van der Waals surface area contributed by atoms with Gasteiger partial charge in [-0.1, -0.05) is 5.21 Å². The largest absolute Gasteiger partial charge is 0.378 e. The fraction of sp³-hybridized carbons (Fsp3) is 0.364. The lowest BCUT2D eigenvalue weighted by Gasteiger charge is -2.12. The summed E-state index contributed by atoms with van der Waals surface area (Å²) in [4.78, 5) is 25.5. The molecule has 1 unspecified atom stereocenters. The second-order valence-corrected chi connectivity index (χ2v) is 8.16. The van der Waals surface area contributed by atoms with E-state index in [0.29, 0.717) is 28.6 Å². The Morgan fingerprint density at radius 2 is 1.97 bits per heavy atom. The highest BCUT2D eigenvalue weighted by molar-refractivity contribution is 6.05. The maximum Gasteiger partial charge on any atom is 0.272 e. The molecular formula is C22H24F2N6O3. The molecule has 1 atom stereocenters. The van der Waals surface area contributed by atoms with Crippen molar-refractivity contribution in [3.8, 4) is 0 Å². The van der Waals surface area contributed by atoms with Crippen LogP contribution in [0.1, 0.15) is 58.0 Å². The van der Waals surface area contributed by atoms with Gasteiger partial charge < -0.3 is 20.3 Å². The molecule has 0 bridgehead atoms. The number of amides is 2. The number of hydrogen-bond acceptors (Lipinski definition) is 5. The van der Waals surface area contributed by atoms with Gasteiger partial charge in [0, 0.05) is 30.1 Å². The van der Waals surface area contributed by atoms with Crippen molar-refractivity contribution in [3.63, 3.8) is 0 Å². The van der Waals surface area contributed by atoms with E-state index in [4.69, 9.17) is 0 Å². The lowest BCUT2D eigenvalue weighted by Crippen LogP contribution is -2.29. The van der Waals surface area contributed by atoms with Gasteiger partial charge in [-0.05, 0) is 44.4 Å². The van der Waals surface area contributed by atoms with Crippen LogP contribution in [-0.4, -0.2) is 36.5 Å². The smallest absolute Gasteiger partial charge is 0.272 e. The molecule has 0 radical (unpaired) electrons. The van der Waals surface area contributed by atoms with Gasteiger partial charge in [-0.3, -0.25) is 9.59 Å². The first-order valence-corrected chi connectivity index (χ1v) is 10.5. The molecular weight excluding hydrogens is 434 g/mol. The number of hydrogen-bond donors (Lipinski definition) is 3. The number of benzene rings is 1. The second-order valence-electron chi connectivity index (χ2n) is 8.16. The van der Waals surface area contributed by atoms with Crippen LogP contribution in [0, 0.1) is 25.5 Å². The minimum Gasteiger partial charge on any atom is -0.378 e. The van der Waals surface area contributed by atoms with Crippen molar-refractivity contribution in [3.05, 3.63) is 64.2 Å². The highest BCUT2D eigenvalue weighted by Crippen LogP contribution is 2.33. The van der Waals surface area contributed by atoms with E-state index in [1.54, 1.807) is 31.8 Å². The minimum atomic E-state index is -1.51. The molecule has 11 heteroatoms. The van der Waals surface area contributed by atoms with Crippen molar-refractivity contribution < 1.29 is 23.5 Å². The molecule has 174 valence electrons. The predicted molar refractivity (Wildman–Crippen MR) is 114 cm³/mol. The third kappa shape index (κ3) is 4.49. The molecule has 0 aliphatic heterocycles. The second kappa shape index (κ2) is 8.74. The van der Waals surface area contributed by atoms with Crippen molar-refractivity contribution in [2.45, 2.75) is 45.4 Å². The quantitative estimate of drug-likeness (QED) is 0.503. The van der Waals surface area contributed by atoms with Crippen LogP contribution >= 0.6 is 0 Å². The van der Waals surface area contributed by atoms with Gasteiger partial charge in [0.25, 0.3) is 11.8 Å². The summed E-state index contributed by atoms with van der Waals surface area (Å²) in [6.45, 7) is 3.39. The van der Waals surface area contributed by atoms with Crippen LogP contribution in [0.3, 0.4) is 0 Å². The van der Waals surface area contributed by atoms with Crippen LogP contribution in [0.4, 0.5) is 14.5 Å². The molecule has 3 N–H and O–H groups in total. The Balaban J connectivity index is 1.48. The Bertz CT molecular complexity index is 1230. The fourth-order valence-electron chi connectivity index (χ4n) is 3.81. The van der Waals surface area contributed by atoms with Gasteiger partial charge >= 0.3 is 0 Å². The molecule has 3 aromatic rings. The Hall–Kier alpha value is -3.60. The topological polar surface area (TPSA) is 114 Å². The van der Waals surface area contributed by atoms with Crippen LogP contribution in [0.5, 0.6) is 0 Å². The Morgan fingerprint density at radius 1 is 1.24 bits per heavy atom. The highest BCUT2D eigenvalue weighted by Gasteiger charge is 2.29. The third-order valence-corrected chi connectivity index (χ3v) is 5.82. The number of aliphatic hydroxyl groups is 1. The first-order valence-electron chi connectivity index (χ1n) is 10.5. The van der Waals surface area contributed by atoms with Crippen molar-refractivity contribution in [1.29, 1.82) is 0 Å². The minimum absolute atomic E-state index is 0.0799. The van der Waals surface area contributed by atoms with E-state index in [0.717, 1.165) is 25.0 Å². The summed E-state index contributed by atoms with van der Waals surface area (Å²) in [5.41, 5.74) is 2.06. The van der Waals surface area contributed by atoms with Crippen LogP contribution in [0.15, 0.2) is 24.4 Å². The summed E-state index contributed by atoms with van der Waals surface area (Å²) in [6, 6.07) is 3.40. The molecule has 1 fully saturated rings. The average molecular weight is 458 g/mol. The van der Waals surface area contributed by atoms with E-state index in [1.807, 2.05) is 0 Å². The molecule has 0 spiro atoms. The standard InChI is InChI=1S/C22H24F2N6O3/c1-11-18(20(31)22(33)25-9-14-10-30(28-27-14)15-5-6-15)12(2)29(3)19(11)21(32)26-13-4-7-16(23)17(24)8-13/h4,7-8,10,15,20,31H,5-6,9H2,1-3H3,(H,25,33)(H,26,32). The van der Waals surface area contributed by atoms with Crippen molar-refractivity contribution in [2.24, 2.45) is 7.05 Å². The molecule has 4 rings (SSSR count). The number of aliphatic hydroxyl groups excluding tert-OH is 1. The van der Waals surface area contributed by atoms with Crippen molar-refractivity contribution in [1.82, 2.24) is 24.9 Å². The zero-order chi connectivity index (χ0) is 23.9. The summed E-state index contributed by atoms with van der Waals surface area (Å²) in [7, 11) is 1.62. The van der Waals surface area contributed by atoms with E-state index < -0.39 is 29.6 Å². The zero-order valence-corrected chi connectivity index (χ0v) is 18.4. The number of carbonyl (C=O) groups excluding carboxylic acids is 2. The maximum atomic E-state index is 13.5.